The summed E-state index contributed by atoms with van der Waals surface area (Å²) < 4.78 is 16.3. The SMILES string of the molecule is Cc1oc(-c2ccccc2)nc1COC(=O)c1ccc(CNC(=O)OC(C)(C)C)cc1. The van der Waals surface area contributed by atoms with E-state index < -0.39 is 17.7 Å². The molecule has 2 aromatic carbocycles. The second-order valence-corrected chi connectivity index (χ2v) is 8.02. The van der Waals surface area contributed by atoms with Gasteiger partial charge < -0.3 is 19.2 Å². The number of carbonyl (C=O) groups excluding carboxylic acids is 2. The van der Waals surface area contributed by atoms with E-state index in [0.717, 1.165) is 11.1 Å². The number of ether oxygens (including phenoxy) is 2. The van der Waals surface area contributed by atoms with Gasteiger partial charge in [0.2, 0.25) is 5.89 Å². The maximum atomic E-state index is 12.4. The third-order valence-corrected chi connectivity index (χ3v) is 4.28. The van der Waals surface area contributed by atoms with Crippen LogP contribution in [0.25, 0.3) is 11.5 Å². The Morgan fingerprint density at radius 2 is 1.71 bits per heavy atom. The van der Waals surface area contributed by atoms with E-state index in [-0.39, 0.29) is 6.61 Å². The van der Waals surface area contributed by atoms with Crippen LogP contribution in [0.1, 0.15) is 48.1 Å². The summed E-state index contributed by atoms with van der Waals surface area (Å²) in [4.78, 5) is 28.5. The first-order valence-electron chi connectivity index (χ1n) is 9.96. The van der Waals surface area contributed by atoms with Gasteiger partial charge in [0.1, 0.15) is 23.7 Å². The van der Waals surface area contributed by atoms with Gasteiger partial charge in [-0.2, -0.15) is 0 Å². The Balaban J connectivity index is 1.53. The van der Waals surface area contributed by atoms with Crippen molar-refractivity contribution in [3.8, 4) is 11.5 Å². The number of aryl methyl sites for hydroxylation is 1. The first kappa shape index (κ1) is 22.1. The van der Waals surface area contributed by atoms with Crippen molar-refractivity contribution in [1.29, 1.82) is 0 Å². The lowest BCUT2D eigenvalue weighted by molar-refractivity contribution is 0.0464. The van der Waals surface area contributed by atoms with Crippen LogP contribution in [-0.2, 0) is 22.6 Å². The molecule has 0 unspecified atom stereocenters. The van der Waals surface area contributed by atoms with Crippen LogP contribution < -0.4 is 5.32 Å². The van der Waals surface area contributed by atoms with E-state index in [2.05, 4.69) is 10.3 Å². The van der Waals surface area contributed by atoms with Crippen molar-refractivity contribution < 1.29 is 23.5 Å². The molecule has 7 heteroatoms. The summed E-state index contributed by atoms with van der Waals surface area (Å²) in [7, 11) is 0. The third-order valence-electron chi connectivity index (χ3n) is 4.28. The lowest BCUT2D eigenvalue weighted by atomic mass is 10.1. The number of carbonyl (C=O) groups is 2. The van der Waals surface area contributed by atoms with Gasteiger partial charge in [0.25, 0.3) is 0 Å². The molecule has 7 nitrogen and oxygen atoms in total. The van der Waals surface area contributed by atoms with Gasteiger partial charge in [0.05, 0.1) is 5.56 Å². The predicted octanol–water partition coefficient (Wildman–Crippen LogP) is 5.03. The van der Waals surface area contributed by atoms with Crippen LogP contribution in [0.15, 0.2) is 59.0 Å². The van der Waals surface area contributed by atoms with Gasteiger partial charge in [-0.25, -0.2) is 14.6 Å². The van der Waals surface area contributed by atoms with Crippen molar-refractivity contribution in [2.75, 3.05) is 0 Å². The lowest BCUT2D eigenvalue weighted by Gasteiger charge is -2.19. The minimum atomic E-state index is -0.554. The molecule has 31 heavy (non-hydrogen) atoms. The summed E-state index contributed by atoms with van der Waals surface area (Å²) in [6.07, 6.45) is -0.492. The summed E-state index contributed by atoms with van der Waals surface area (Å²) in [5.74, 6) is 0.636. The molecule has 0 saturated heterocycles. The van der Waals surface area contributed by atoms with E-state index in [9.17, 15) is 9.59 Å². The number of hydrogen-bond acceptors (Lipinski definition) is 6. The Morgan fingerprint density at radius 3 is 2.35 bits per heavy atom. The van der Waals surface area contributed by atoms with Crippen molar-refractivity contribution in [1.82, 2.24) is 10.3 Å². The van der Waals surface area contributed by atoms with Crippen molar-refractivity contribution in [3.63, 3.8) is 0 Å². The van der Waals surface area contributed by atoms with Crippen molar-refractivity contribution in [2.45, 2.75) is 46.4 Å². The van der Waals surface area contributed by atoms with Gasteiger partial charge >= 0.3 is 12.1 Å². The van der Waals surface area contributed by atoms with E-state index in [4.69, 9.17) is 13.9 Å². The minimum absolute atomic E-state index is 0.0168. The van der Waals surface area contributed by atoms with Gasteiger partial charge in [-0.15, -0.1) is 0 Å². The zero-order valence-electron chi connectivity index (χ0n) is 18.1. The quantitative estimate of drug-likeness (QED) is 0.560. The molecule has 0 saturated carbocycles. The molecule has 0 aliphatic heterocycles. The van der Waals surface area contributed by atoms with E-state index in [1.54, 1.807) is 52.0 Å². The zero-order valence-corrected chi connectivity index (χ0v) is 18.1. The summed E-state index contributed by atoms with van der Waals surface area (Å²) in [6, 6.07) is 16.3. The number of amides is 1. The number of nitrogens with zero attached hydrogens (tertiary/aromatic N) is 1. The molecule has 3 rings (SSSR count). The smallest absolute Gasteiger partial charge is 0.407 e. The molecular formula is C24H26N2O5. The first-order chi connectivity index (χ1) is 14.7. The normalized spacial score (nSPS) is 11.1. The monoisotopic (exact) mass is 422 g/mol. The van der Waals surface area contributed by atoms with Crippen LogP contribution >= 0.6 is 0 Å². The van der Waals surface area contributed by atoms with Gasteiger partial charge in [0, 0.05) is 12.1 Å². The second-order valence-electron chi connectivity index (χ2n) is 8.02. The first-order valence-corrected chi connectivity index (χ1v) is 9.96. The van der Waals surface area contributed by atoms with Crippen LogP contribution in [0.3, 0.4) is 0 Å². The fourth-order valence-electron chi connectivity index (χ4n) is 2.73. The van der Waals surface area contributed by atoms with Crippen LogP contribution in [0.5, 0.6) is 0 Å². The number of oxazole rings is 1. The summed E-state index contributed by atoms with van der Waals surface area (Å²) in [5, 5.41) is 2.68. The number of nitrogens with one attached hydrogen (secondary N) is 1. The molecule has 1 aromatic heterocycles. The number of rotatable bonds is 6. The molecule has 0 aliphatic rings. The number of hydrogen-bond donors (Lipinski definition) is 1. The average Bonchev–Trinajstić information content (AvgIpc) is 3.11. The summed E-state index contributed by atoms with van der Waals surface area (Å²) in [6.45, 7) is 7.50. The topological polar surface area (TPSA) is 90.7 Å². The minimum Gasteiger partial charge on any atom is -0.455 e. The molecule has 1 heterocycles. The Hall–Kier alpha value is -3.61. The van der Waals surface area contributed by atoms with Crippen LogP contribution in [0.2, 0.25) is 0 Å². The Kier molecular flexibility index (Phi) is 6.74. The Bertz CT molecular complexity index is 1030. The molecule has 1 N–H and O–H groups in total. The van der Waals surface area contributed by atoms with Crippen LogP contribution in [0.4, 0.5) is 4.79 Å². The van der Waals surface area contributed by atoms with Crippen molar-refractivity contribution in [2.24, 2.45) is 0 Å². The molecular weight excluding hydrogens is 396 g/mol. The number of esters is 1. The van der Waals surface area contributed by atoms with Gasteiger partial charge in [0.15, 0.2) is 0 Å². The molecule has 0 radical (unpaired) electrons. The van der Waals surface area contributed by atoms with Gasteiger partial charge in [-0.05, 0) is 57.5 Å². The van der Waals surface area contributed by atoms with Crippen molar-refractivity contribution in [3.05, 3.63) is 77.2 Å². The molecule has 0 atom stereocenters. The van der Waals surface area contributed by atoms with E-state index in [0.29, 0.717) is 29.5 Å². The fraction of sp³-hybridized carbons (Fsp3) is 0.292. The average molecular weight is 422 g/mol. The predicted molar refractivity (Wildman–Crippen MR) is 115 cm³/mol. The highest BCUT2D eigenvalue weighted by Crippen LogP contribution is 2.22. The van der Waals surface area contributed by atoms with Crippen molar-refractivity contribution >= 4 is 12.1 Å². The fourth-order valence-corrected chi connectivity index (χ4v) is 2.73. The second kappa shape index (κ2) is 9.47. The zero-order chi connectivity index (χ0) is 22.4. The highest BCUT2D eigenvalue weighted by atomic mass is 16.6. The Labute approximate surface area is 181 Å². The molecule has 1 amide bonds. The van der Waals surface area contributed by atoms with Gasteiger partial charge in [-0.1, -0.05) is 30.3 Å². The van der Waals surface area contributed by atoms with Crippen LogP contribution in [0, 0.1) is 6.92 Å². The number of alkyl carbamates (subject to hydrolysis) is 1. The Morgan fingerprint density at radius 1 is 1.03 bits per heavy atom. The third kappa shape index (κ3) is 6.44. The summed E-state index contributed by atoms with van der Waals surface area (Å²) in [5.41, 5.74) is 2.12. The van der Waals surface area contributed by atoms with E-state index >= 15 is 0 Å². The highest BCUT2D eigenvalue weighted by Gasteiger charge is 2.16. The molecule has 162 valence electrons. The van der Waals surface area contributed by atoms with E-state index in [1.807, 2.05) is 30.3 Å². The molecule has 0 fully saturated rings. The maximum absolute atomic E-state index is 12.4. The van der Waals surface area contributed by atoms with E-state index in [1.165, 1.54) is 0 Å². The maximum Gasteiger partial charge on any atom is 0.407 e. The molecule has 3 aromatic rings. The number of benzene rings is 2. The lowest BCUT2D eigenvalue weighted by Crippen LogP contribution is -2.32. The highest BCUT2D eigenvalue weighted by molar-refractivity contribution is 5.89. The number of aromatic nitrogens is 1. The van der Waals surface area contributed by atoms with Gasteiger partial charge in [-0.3, -0.25) is 0 Å². The largest absolute Gasteiger partial charge is 0.455 e. The van der Waals surface area contributed by atoms with Crippen LogP contribution in [-0.4, -0.2) is 22.6 Å². The summed E-state index contributed by atoms with van der Waals surface area (Å²) >= 11 is 0. The molecule has 0 spiro atoms. The standard InChI is InChI=1S/C24H26N2O5/c1-16-20(26-21(30-16)18-8-6-5-7-9-18)15-29-22(27)19-12-10-17(11-13-19)14-25-23(28)31-24(2,3)4/h5-13H,14-15H2,1-4H3,(H,25,28). The molecule has 0 bridgehead atoms. The molecule has 0 aliphatic carbocycles.